The summed E-state index contributed by atoms with van der Waals surface area (Å²) in [4.78, 5) is 20.6. The van der Waals surface area contributed by atoms with Gasteiger partial charge in [0.05, 0.1) is 16.6 Å². The van der Waals surface area contributed by atoms with E-state index in [1.165, 1.54) is 20.2 Å². The van der Waals surface area contributed by atoms with Gasteiger partial charge in [0, 0.05) is 58.9 Å². The second kappa shape index (κ2) is 14.9. The van der Waals surface area contributed by atoms with Gasteiger partial charge >= 0.3 is 0 Å². The van der Waals surface area contributed by atoms with Gasteiger partial charge in [-0.1, -0.05) is 182 Å². The Hall–Kier alpha value is -8.06. The molecule has 6 heteroatoms. The SMILES string of the molecule is c1ccc(-c2nc(-c3ccc(-c4ccc(-c5nc6ccccc6c6oc(-c7ccccc7)c(-c7ccccc7)c56)cc4)cc3)nc(-c3cccc4c3sc3ccccc34)n2)cc1. The average Bonchev–Trinajstić information content (AvgIpc) is 3.95. The molecule has 0 amide bonds. The second-order valence-electron chi connectivity index (χ2n) is 15.3. The van der Waals surface area contributed by atoms with E-state index in [1.807, 2.05) is 54.6 Å². The van der Waals surface area contributed by atoms with Gasteiger partial charge in [0.2, 0.25) is 0 Å². The number of hydrogen-bond donors (Lipinski definition) is 0. The number of fused-ring (bicyclic) bond motifs is 6. The molecule has 290 valence electrons. The average molecular weight is 811 g/mol. The summed E-state index contributed by atoms with van der Waals surface area (Å²) >= 11 is 1.78. The number of aromatic nitrogens is 4. The zero-order valence-electron chi connectivity index (χ0n) is 33.2. The van der Waals surface area contributed by atoms with Gasteiger partial charge in [0.25, 0.3) is 0 Å². The number of thiophene rings is 1. The van der Waals surface area contributed by atoms with E-state index in [0.717, 1.165) is 83.4 Å². The number of hydrogen-bond acceptors (Lipinski definition) is 6. The zero-order valence-corrected chi connectivity index (χ0v) is 34.1. The van der Waals surface area contributed by atoms with Crippen molar-refractivity contribution in [2.75, 3.05) is 0 Å². The molecule has 0 saturated carbocycles. The molecule has 0 unspecified atom stereocenters. The highest BCUT2D eigenvalue weighted by Gasteiger charge is 2.24. The van der Waals surface area contributed by atoms with E-state index in [0.29, 0.717) is 17.5 Å². The van der Waals surface area contributed by atoms with Gasteiger partial charge in [-0.05, 0) is 41.0 Å². The predicted molar refractivity (Wildman–Crippen MR) is 256 cm³/mol. The Morgan fingerprint density at radius 3 is 1.56 bits per heavy atom. The summed E-state index contributed by atoms with van der Waals surface area (Å²) < 4.78 is 9.31. The topological polar surface area (TPSA) is 64.7 Å². The smallest absolute Gasteiger partial charge is 0.165 e. The third-order valence-corrected chi connectivity index (χ3v) is 12.8. The Labute approximate surface area is 361 Å². The summed E-state index contributed by atoms with van der Waals surface area (Å²) in [7, 11) is 0. The molecule has 4 heterocycles. The molecule has 12 rings (SSSR count). The number of furan rings is 1. The molecule has 0 aliphatic rings. The van der Waals surface area contributed by atoms with Crippen molar-refractivity contribution in [1.82, 2.24) is 19.9 Å². The molecule has 5 nitrogen and oxygen atoms in total. The third-order valence-electron chi connectivity index (χ3n) is 11.6. The Kier molecular flexibility index (Phi) is 8.61. The van der Waals surface area contributed by atoms with Crippen LogP contribution in [0.1, 0.15) is 0 Å². The van der Waals surface area contributed by atoms with Crippen molar-refractivity contribution >= 4 is 53.4 Å². The normalized spacial score (nSPS) is 11.5. The first-order valence-corrected chi connectivity index (χ1v) is 21.4. The van der Waals surface area contributed by atoms with Crippen LogP contribution in [0.4, 0.5) is 0 Å². The lowest BCUT2D eigenvalue weighted by molar-refractivity contribution is 0.636. The van der Waals surface area contributed by atoms with E-state index >= 15 is 0 Å². The lowest BCUT2D eigenvalue weighted by Crippen LogP contribution is -2.00. The van der Waals surface area contributed by atoms with Crippen LogP contribution in [0.25, 0.3) is 121 Å². The van der Waals surface area contributed by atoms with Crippen LogP contribution in [0.5, 0.6) is 0 Å². The summed E-state index contributed by atoms with van der Waals surface area (Å²) in [5.41, 5.74) is 11.8. The summed E-state index contributed by atoms with van der Waals surface area (Å²) in [5.74, 6) is 2.76. The van der Waals surface area contributed by atoms with Crippen molar-refractivity contribution in [3.63, 3.8) is 0 Å². The number of nitrogens with zero attached hydrogens (tertiary/aromatic N) is 4. The van der Waals surface area contributed by atoms with Gasteiger partial charge in [0.15, 0.2) is 17.5 Å². The molecular formula is C56H34N4OS. The molecule has 0 atom stereocenters. The first-order chi connectivity index (χ1) is 30.7. The monoisotopic (exact) mass is 810 g/mol. The van der Waals surface area contributed by atoms with E-state index in [1.54, 1.807) is 11.3 Å². The molecule has 0 radical (unpaired) electrons. The lowest BCUT2D eigenvalue weighted by atomic mass is 9.94. The molecule has 0 aliphatic heterocycles. The van der Waals surface area contributed by atoms with E-state index < -0.39 is 0 Å². The van der Waals surface area contributed by atoms with Gasteiger partial charge < -0.3 is 4.42 Å². The van der Waals surface area contributed by atoms with E-state index in [-0.39, 0.29) is 0 Å². The predicted octanol–water partition coefficient (Wildman–Crippen LogP) is 15.2. The van der Waals surface area contributed by atoms with Crippen molar-refractivity contribution in [3.05, 3.63) is 206 Å². The Morgan fingerprint density at radius 1 is 0.355 bits per heavy atom. The van der Waals surface area contributed by atoms with Crippen LogP contribution in [-0.4, -0.2) is 19.9 Å². The van der Waals surface area contributed by atoms with Crippen molar-refractivity contribution < 1.29 is 4.42 Å². The van der Waals surface area contributed by atoms with E-state index in [9.17, 15) is 0 Å². The maximum Gasteiger partial charge on any atom is 0.165 e. The molecule has 0 spiro atoms. The van der Waals surface area contributed by atoms with Gasteiger partial charge in [-0.3, -0.25) is 0 Å². The summed E-state index contributed by atoms with van der Waals surface area (Å²) in [6.07, 6.45) is 0. The van der Waals surface area contributed by atoms with Gasteiger partial charge in [0.1, 0.15) is 11.3 Å². The summed E-state index contributed by atoms with van der Waals surface area (Å²) in [5, 5.41) is 4.44. The number of para-hydroxylation sites is 1. The quantitative estimate of drug-likeness (QED) is 0.160. The summed E-state index contributed by atoms with van der Waals surface area (Å²) in [6.45, 7) is 0. The Balaban J connectivity index is 0.943. The number of rotatable bonds is 7. The van der Waals surface area contributed by atoms with Crippen LogP contribution in [-0.2, 0) is 0 Å². The first-order valence-electron chi connectivity index (χ1n) is 20.6. The van der Waals surface area contributed by atoms with Crippen LogP contribution < -0.4 is 0 Å². The van der Waals surface area contributed by atoms with Gasteiger partial charge in [-0.2, -0.15) is 0 Å². The molecule has 8 aromatic carbocycles. The number of benzene rings is 8. The molecule has 0 N–H and O–H groups in total. The van der Waals surface area contributed by atoms with Crippen LogP contribution in [0.2, 0.25) is 0 Å². The van der Waals surface area contributed by atoms with Crippen LogP contribution in [0.15, 0.2) is 211 Å². The molecule has 12 aromatic rings. The fourth-order valence-electron chi connectivity index (χ4n) is 8.57. The van der Waals surface area contributed by atoms with Crippen molar-refractivity contribution in [2.45, 2.75) is 0 Å². The standard InChI is InChI=1S/C56H34N4OS/c1-4-15-37(16-5-1)48-49-50(57-46-25-12-10-22-44(46)52(49)61-51(48)39-17-6-2-7-18-39)38-31-27-35(28-32-38)36-29-33-41(34-30-36)55-58-54(40-19-8-3-9-20-40)59-56(60-55)45-24-14-23-43-42-21-11-13-26-47(42)62-53(43)45/h1-34H. The minimum absolute atomic E-state index is 0.629. The van der Waals surface area contributed by atoms with E-state index in [2.05, 4.69) is 152 Å². The molecule has 0 saturated heterocycles. The maximum absolute atomic E-state index is 6.90. The van der Waals surface area contributed by atoms with Crippen LogP contribution in [0, 0.1) is 0 Å². The minimum Gasteiger partial charge on any atom is -0.455 e. The van der Waals surface area contributed by atoms with Crippen molar-refractivity contribution in [2.24, 2.45) is 0 Å². The van der Waals surface area contributed by atoms with Crippen molar-refractivity contribution in [3.8, 4) is 79.0 Å². The number of pyridine rings is 1. The largest absolute Gasteiger partial charge is 0.455 e. The van der Waals surface area contributed by atoms with Crippen LogP contribution >= 0.6 is 11.3 Å². The highest BCUT2D eigenvalue weighted by molar-refractivity contribution is 7.26. The Morgan fingerprint density at radius 2 is 0.871 bits per heavy atom. The third kappa shape index (κ3) is 6.16. The van der Waals surface area contributed by atoms with Gasteiger partial charge in [-0.15, -0.1) is 11.3 Å². The molecular weight excluding hydrogens is 777 g/mol. The Bertz CT molecular complexity index is 3600. The van der Waals surface area contributed by atoms with Crippen LogP contribution in [0.3, 0.4) is 0 Å². The lowest BCUT2D eigenvalue weighted by Gasteiger charge is -2.11. The molecule has 4 aromatic heterocycles. The molecule has 62 heavy (non-hydrogen) atoms. The highest BCUT2D eigenvalue weighted by Crippen LogP contribution is 2.47. The summed E-state index contributed by atoms with van der Waals surface area (Å²) in [6, 6.07) is 71.3. The first kappa shape index (κ1) is 35.8. The van der Waals surface area contributed by atoms with Gasteiger partial charge in [-0.25, -0.2) is 19.9 Å². The second-order valence-corrected chi connectivity index (χ2v) is 16.4. The highest BCUT2D eigenvalue weighted by atomic mass is 32.1. The van der Waals surface area contributed by atoms with Crippen molar-refractivity contribution in [1.29, 1.82) is 0 Å². The van der Waals surface area contributed by atoms with E-state index in [4.69, 9.17) is 24.4 Å². The maximum atomic E-state index is 6.90. The molecule has 0 aliphatic carbocycles. The fourth-order valence-corrected chi connectivity index (χ4v) is 9.78. The fraction of sp³-hybridized carbons (Fsp3) is 0. The minimum atomic E-state index is 0.629. The zero-order chi connectivity index (χ0) is 41.0. The molecule has 0 fully saturated rings. The molecule has 0 bridgehead atoms.